The molecule has 4 aromatic heterocycles. The van der Waals surface area contributed by atoms with Crippen molar-refractivity contribution in [2.75, 3.05) is 0 Å². The molecule has 0 bridgehead atoms. The van der Waals surface area contributed by atoms with E-state index in [1.165, 1.54) is 22.9 Å². The largest absolute Gasteiger partial charge is 0.420 e. The molecule has 0 unspecified atom stereocenters. The molecule has 47 heavy (non-hydrogen) atoms. The second-order valence-electron chi connectivity index (χ2n) is 10.1. The molecule has 10 nitrogen and oxygen atoms in total. The van der Waals surface area contributed by atoms with E-state index in [4.69, 9.17) is 43.6 Å². The third kappa shape index (κ3) is 7.88. The van der Waals surface area contributed by atoms with Crippen LogP contribution >= 0.6 is 46.6 Å². The molecule has 0 N–H and O–H groups in total. The Balaban J connectivity index is 0.000000230. The number of benzene rings is 3. The molecule has 0 radical (unpaired) electrons. The summed E-state index contributed by atoms with van der Waals surface area (Å²) < 4.78 is 13.0. The lowest BCUT2D eigenvalue weighted by atomic mass is 10.1. The number of hydrogen-bond acceptors (Lipinski definition) is 10. The summed E-state index contributed by atoms with van der Waals surface area (Å²) in [5, 5.41) is 26.4. The van der Waals surface area contributed by atoms with E-state index in [0.29, 0.717) is 50.5 Å². The van der Waals surface area contributed by atoms with Gasteiger partial charge in [-0.1, -0.05) is 82.5 Å². The lowest BCUT2D eigenvalue weighted by Gasteiger charge is -2.11. The monoisotopic (exact) mass is 702 g/mol. The first-order chi connectivity index (χ1) is 22.9. The molecule has 7 rings (SSSR count). The normalized spacial score (nSPS) is 10.9. The fraction of sp³-hybridized carbons (Fsp3) is 0.121. The van der Waals surface area contributed by atoms with Crippen LogP contribution in [0.2, 0.25) is 10.2 Å². The highest BCUT2D eigenvalue weighted by molar-refractivity contribution is 7.98. The summed E-state index contributed by atoms with van der Waals surface area (Å²) in [7, 11) is 0. The predicted molar refractivity (Wildman–Crippen MR) is 183 cm³/mol. The van der Waals surface area contributed by atoms with E-state index in [0.717, 1.165) is 22.4 Å². The first-order valence-corrected chi connectivity index (χ1v) is 16.5. The zero-order valence-corrected chi connectivity index (χ0v) is 28.1. The smallest absolute Gasteiger partial charge is 0.247 e. The first kappa shape index (κ1) is 32.4. The van der Waals surface area contributed by atoms with Gasteiger partial charge >= 0.3 is 0 Å². The van der Waals surface area contributed by atoms with Crippen LogP contribution in [-0.2, 0) is 11.6 Å². The zero-order valence-electron chi connectivity index (χ0n) is 25.0. The first-order valence-electron chi connectivity index (χ1n) is 14.2. The molecule has 0 saturated carbocycles. The number of hydrogen-bond donors (Lipinski definition) is 0. The van der Waals surface area contributed by atoms with Gasteiger partial charge in [-0.15, -0.1) is 42.2 Å². The van der Waals surface area contributed by atoms with Crippen LogP contribution in [0.3, 0.4) is 0 Å². The Hall–Kier alpha value is -4.55. The standard InChI is InChI=1S/C23H16Cl2N6OS.C10H9ClN2O/c1-14-6-8-15(9-7-14)22-29-27-20(32-22)13-33-23-30-28-21(16-10-11-26-19(25)12-16)31(23)18-5-3-2-4-17(18)24;1-7-2-4-8(5-3-7)10-13-12-9(6-11)14-10/h2-12H,13H2,1H3;2-5H,6H2,1H3. The lowest BCUT2D eigenvalue weighted by molar-refractivity contribution is 0.527. The summed E-state index contributed by atoms with van der Waals surface area (Å²) >= 11 is 19.6. The average Bonchev–Trinajstić information content (AvgIpc) is 3.85. The van der Waals surface area contributed by atoms with Crippen LogP contribution in [-0.4, -0.2) is 40.1 Å². The molecule has 0 aliphatic carbocycles. The number of pyridine rings is 1. The Kier molecular flexibility index (Phi) is 10.3. The fourth-order valence-corrected chi connectivity index (χ4v) is 5.60. The van der Waals surface area contributed by atoms with Gasteiger partial charge in [-0.05, 0) is 62.4 Å². The van der Waals surface area contributed by atoms with Gasteiger partial charge in [-0.2, -0.15) is 0 Å². The van der Waals surface area contributed by atoms with Gasteiger partial charge in [0.05, 0.1) is 16.5 Å². The summed E-state index contributed by atoms with van der Waals surface area (Å²) in [5.74, 6) is 3.18. The molecule has 0 saturated heterocycles. The number of rotatable bonds is 8. The van der Waals surface area contributed by atoms with Crippen LogP contribution in [0, 0.1) is 13.8 Å². The third-order valence-corrected chi connectivity index (χ3v) is 8.35. The number of aryl methyl sites for hydroxylation is 2. The number of alkyl halides is 1. The van der Waals surface area contributed by atoms with Gasteiger partial charge < -0.3 is 8.83 Å². The van der Waals surface area contributed by atoms with Crippen molar-refractivity contribution in [1.82, 2.24) is 40.1 Å². The zero-order chi connectivity index (χ0) is 32.8. The van der Waals surface area contributed by atoms with Crippen LogP contribution in [0.4, 0.5) is 0 Å². The topological polar surface area (TPSA) is 121 Å². The van der Waals surface area contributed by atoms with E-state index in [9.17, 15) is 0 Å². The Morgan fingerprint density at radius 3 is 1.89 bits per heavy atom. The Morgan fingerprint density at radius 2 is 1.30 bits per heavy atom. The average molecular weight is 704 g/mol. The Labute approximate surface area is 289 Å². The van der Waals surface area contributed by atoms with Crippen molar-refractivity contribution in [2.45, 2.75) is 30.6 Å². The maximum atomic E-state index is 6.51. The molecule has 7 aromatic rings. The lowest BCUT2D eigenvalue weighted by Crippen LogP contribution is -2.01. The maximum absolute atomic E-state index is 6.51. The molecule has 0 amide bonds. The van der Waals surface area contributed by atoms with Crippen molar-refractivity contribution in [3.63, 3.8) is 0 Å². The molecule has 0 aliphatic heterocycles. The Bertz CT molecular complexity index is 2100. The van der Waals surface area contributed by atoms with Crippen LogP contribution in [0.15, 0.2) is 105 Å². The highest BCUT2D eigenvalue weighted by Crippen LogP contribution is 2.33. The molecular formula is C33H25Cl3N8O2S. The molecule has 0 atom stereocenters. The summed E-state index contributed by atoms with van der Waals surface area (Å²) in [4.78, 5) is 4.05. The second kappa shape index (κ2) is 14.9. The quantitative estimate of drug-likeness (QED) is 0.0861. The van der Waals surface area contributed by atoms with Gasteiger partial charge in [0.1, 0.15) is 11.0 Å². The minimum Gasteiger partial charge on any atom is -0.420 e. The molecule has 236 valence electrons. The van der Waals surface area contributed by atoms with E-state index >= 15 is 0 Å². The van der Waals surface area contributed by atoms with Crippen LogP contribution in [0.1, 0.15) is 22.9 Å². The van der Waals surface area contributed by atoms with E-state index in [-0.39, 0.29) is 5.88 Å². The molecule has 0 fully saturated rings. The number of thioether (sulfide) groups is 1. The van der Waals surface area contributed by atoms with Crippen molar-refractivity contribution in [3.05, 3.63) is 124 Å². The van der Waals surface area contributed by atoms with Gasteiger partial charge in [0.15, 0.2) is 11.0 Å². The van der Waals surface area contributed by atoms with E-state index in [1.807, 2.05) is 97.3 Å². The third-order valence-electron chi connectivity index (χ3n) is 6.68. The minimum atomic E-state index is 0.249. The van der Waals surface area contributed by atoms with E-state index in [1.54, 1.807) is 12.3 Å². The SMILES string of the molecule is Cc1ccc(-c2nnc(CCl)o2)cc1.Cc1ccc(-c2nnc(CSc3nnc(-c4ccnc(Cl)c4)n3-c3ccccc3Cl)o2)cc1. The molecule has 0 aliphatic rings. The molecule has 3 aromatic carbocycles. The van der Waals surface area contributed by atoms with Crippen molar-refractivity contribution >= 4 is 46.6 Å². The molecule has 4 heterocycles. The maximum Gasteiger partial charge on any atom is 0.247 e. The van der Waals surface area contributed by atoms with E-state index in [2.05, 4.69) is 35.6 Å². The number of halogens is 3. The number of nitrogens with zero attached hydrogens (tertiary/aromatic N) is 8. The summed E-state index contributed by atoms with van der Waals surface area (Å²) in [6, 6.07) is 26.9. The molecule has 0 spiro atoms. The van der Waals surface area contributed by atoms with Gasteiger partial charge in [-0.25, -0.2) is 4.98 Å². The summed E-state index contributed by atoms with van der Waals surface area (Å²) in [6.07, 6.45) is 1.63. The molecule has 14 heteroatoms. The minimum absolute atomic E-state index is 0.249. The van der Waals surface area contributed by atoms with E-state index < -0.39 is 0 Å². The number of para-hydroxylation sites is 1. The van der Waals surface area contributed by atoms with Crippen LogP contribution < -0.4 is 0 Å². The van der Waals surface area contributed by atoms with Crippen molar-refractivity contribution in [1.29, 1.82) is 0 Å². The Morgan fingerprint density at radius 1 is 0.681 bits per heavy atom. The number of aromatic nitrogens is 8. The summed E-state index contributed by atoms with van der Waals surface area (Å²) in [5.41, 5.74) is 5.68. The van der Waals surface area contributed by atoms with Crippen molar-refractivity contribution in [2.24, 2.45) is 0 Å². The van der Waals surface area contributed by atoms with Gasteiger partial charge in [0.2, 0.25) is 23.6 Å². The van der Waals surface area contributed by atoms with Gasteiger partial charge in [-0.3, -0.25) is 4.57 Å². The highest BCUT2D eigenvalue weighted by atomic mass is 35.5. The van der Waals surface area contributed by atoms with Crippen molar-refractivity contribution < 1.29 is 8.83 Å². The van der Waals surface area contributed by atoms with Crippen LogP contribution in [0.25, 0.3) is 40.0 Å². The predicted octanol–water partition coefficient (Wildman–Crippen LogP) is 9.07. The van der Waals surface area contributed by atoms with Crippen molar-refractivity contribution in [3.8, 4) is 40.0 Å². The highest BCUT2D eigenvalue weighted by Gasteiger charge is 2.20. The van der Waals surface area contributed by atoms with Crippen LogP contribution in [0.5, 0.6) is 0 Å². The van der Waals surface area contributed by atoms with Gasteiger partial charge in [0, 0.05) is 22.9 Å². The summed E-state index contributed by atoms with van der Waals surface area (Å²) in [6.45, 7) is 4.06. The van der Waals surface area contributed by atoms with Gasteiger partial charge in [0.25, 0.3) is 0 Å². The second-order valence-corrected chi connectivity index (χ2v) is 12.1. The fourth-order valence-electron chi connectivity index (χ4n) is 4.31. The molecular weight excluding hydrogens is 679 g/mol.